The van der Waals surface area contributed by atoms with E-state index in [-0.39, 0.29) is 18.3 Å². The van der Waals surface area contributed by atoms with Crippen molar-refractivity contribution >= 4 is 34.7 Å². The minimum absolute atomic E-state index is 0.132. The molecule has 3 rings (SSSR count). The Kier molecular flexibility index (Phi) is 3.98. The van der Waals surface area contributed by atoms with Crippen LogP contribution in [0.2, 0.25) is 0 Å². The summed E-state index contributed by atoms with van der Waals surface area (Å²) in [6, 6.07) is 4.51. The molecule has 0 bridgehead atoms. The van der Waals surface area contributed by atoms with Gasteiger partial charge in [0.1, 0.15) is 11.8 Å². The number of amides is 1. The monoisotopic (exact) mass is 329 g/mol. The predicted molar refractivity (Wildman–Crippen MR) is 86.1 cm³/mol. The third-order valence-corrected chi connectivity index (χ3v) is 3.52. The Morgan fingerprint density at radius 3 is 2.92 bits per heavy atom. The Balaban J connectivity index is 1.87. The fourth-order valence-corrected chi connectivity index (χ4v) is 2.37. The normalized spacial score (nSPS) is 16.7. The number of guanidine groups is 1. The van der Waals surface area contributed by atoms with E-state index in [9.17, 15) is 9.59 Å². The van der Waals surface area contributed by atoms with E-state index in [4.69, 9.17) is 9.84 Å². The summed E-state index contributed by atoms with van der Waals surface area (Å²) in [5, 5.41) is 14.9. The van der Waals surface area contributed by atoms with Gasteiger partial charge in [-0.05, 0) is 19.1 Å². The first-order chi connectivity index (χ1) is 11.5. The van der Waals surface area contributed by atoms with Crippen molar-refractivity contribution in [2.45, 2.75) is 19.4 Å². The second-order valence-electron chi connectivity index (χ2n) is 5.22. The van der Waals surface area contributed by atoms with E-state index in [1.165, 1.54) is 0 Å². The van der Waals surface area contributed by atoms with Crippen LogP contribution in [0.4, 0.5) is 5.95 Å². The van der Waals surface area contributed by atoms with E-state index >= 15 is 0 Å². The van der Waals surface area contributed by atoms with Crippen molar-refractivity contribution in [1.29, 1.82) is 0 Å². The lowest BCUT2D eigenvalue weighted by Gasteiger charge is -2.08. The highest BCUT2D eigenvalue weighted by molar-refractivity contribution is 6.10. The maximum atomic E-state index is 11.7. The molecule has 1 unspecified atom stereocenters. The maximum Gasteiger partial charge on any atom is 0.306 e. The number of aliphatic carboxylic acids is 1. The molecule has 1 amide bonds. The lowest BCUT2D eigenvalue weighted by molar-refractivity contribution is -0.139. The number of methoxy groups -OCH3 is 1. The van der Waals surface area contributed by atoms with Gasteiger partial charge in [0.25, 0.3) is 5.91 Å². The first kappa shape index (κ1) is 15.7. The Morgan fingerprint density at radius 2 is 2.21 bits per heavy atom. The number of nitrogens with one attached hydrogen (secondary N) is 2. The average molecular weight is 329 g/mol. The number of carboxylic acids is 1. The van der Waals surface area contributed by atoms with Crippen LogP contribution in [0, 0.1) is 6.92 Å². The Morgan fingerprint density at radius 1 is 1.42 bits per heavy atom. The standard InChI is InChI=1S/C15H15N5O4/c1-7-9-4-3-8(24-2)5-10(9)17-14(16-7)20-15-18-11(6-12(21)22)13(23)19-15/h3-5,11H,6H2,1-2H3,(H,21,22)(H2,16,17,18,19,20,23). The van der Waals surface area contributed by atoms with Gasteiger partial charge in [0, 0.05) is 11.5 Å². The number of carbonyl (C=O) groups is 2. The van der Waals surface area contributed by atoms with Crippen LogP contribution in [0.3, 0.4) is 0 Å². The molecule has 9 heteroatoms. The molecule has 0 saturated carbocycles. The fraction of sp³-hybridized carbons (Fsp3) is 0.267. The highest BCUT2D eigenvalue weighted by Gasteiger charge is 2.28. The van der Waals surface area contributed by atoms with Crippen LogP contribution in [0.15, 0.2) is 23.2 Å². The number of carbonyl (C=O) groups excluding carboxylic acids is 1. The van der Waals surface area contributed by atoms with Crippen LogP contribution in [0.25, 0.3) is 10.9 Å². The topological polar surface area (TPSA) is 126 Å². The molecule has 0 radical (unpaired) electrons. The smallest absolute Gasteiger partial charge is 0.306 e. The number of rotatable bonds is 4. The lowest BCUT2D eigenvalue weighted by atomic mass is 10.2. The second-order valence-corrected chi connectivity index (χ2v) is 5.22. The highest BCUT2D eigenvalue weighted by Crippen LogP contribution is 2.22. The summed E-state index contributed by atoms with van der Waals surface area (Å²) in [5.41, 5.74) is 1.42. The van der Waals surface area contributed by atoms with Crippen molar-refractivity contribution in [2.75, 3.05) is 12.4 Å². The molecule has 2 heterocycles. The number of nitrogens with zero attached hydrogens (tertiary/aromatic N) is 3. The quantitative estimate of drug-likeness (QED) is 0.753. The first-order valence-corrected chi connectivity index (χ1v) is 7.16. The summed E-state index contributed by atoms with van der Waals surface area (Å²) in [5.74, 6) is -0.514. The molecule has 1 aliphatic heterocycles. The molecule has 3 N–H and O–H groups in total. The molecule has 0 saturated heterocycles. The number of carboxylic acid groups (broad SMARTS) is 1. The summed E-state index contributed by atoms with van der Waals surface area (Å²) in [6.45, 7) is 1.84. The third kappa shape index (κ3) is 3.09. The predicted octanol–water partition coefficient (Wildman–Crippen LogP) is 0.688. The van der Waals surface area contributed by atoms with Crippen molar-refractivity contribution in [2.24, 2.45) is 4.99 Å². The largest absolute Gasteiger partial charge is 0.497 e. The molecular weight excluding hydrogens is 314 g/mol. The second kappa shape index (κ2) is 6.11. The molecule has 24 heavy (non-hydrogen) atoms. The van der Waals surface area contributed by atoms with Crippen LogP contribution in [0.1, 0.15) is 12.1 Å². The van der Waals surface area contributed by atoms with E-state index in [1.807, 2.05) is 19.1 Å². The molecule has 0 fully saturated rings. The SMILES string of the molecule is COc1ccc2c(C)nc(NC3=NC(CC(=O)O)C(=O)N3)nc2c1. The molecule has 1 aromatic heterocycles. The molecule has 1 aliphatic rings. The summed E-state index contributed by atoms with van der Waals surface area (Å²) in [4.78, 5) is 35.1. The molecule has 1 aromatic carbocycles. The van der Waals surface area contributed by atoms with E-state index in [2.05, 4.69) is 25.6 Å². The van der Waals surface area contributed by atoms with E-state index in [0.717, 1.165) is 11.1 Å². The van der Waals surface area contributed by atoms with Crippen LogP contribution >= 0.6 is 0 Å². The van der Waals surface area contributed by atoms with Crippen LogP contribution in [0.5, 0.6) is 5.75 Å². The Hall–Kier alpha value is -3.23. The minimum atomic E-state index is -1.09. The molecule has 1 atom stereocenters. The molecule has 2 aromatic rings. The van der Waals surface area contributed by atoms with E-state index < -0.39 is 17.9 Å². The molecular formula is C15H15N5O4. The Bertz CT molecular complexity index is 864. The third-order valence-electron chi connectivity index (χ3n) is 3.52. The van der Waals surface area contributed by atoms with Gasteiger partial charge in [0.2, 0.25) is 11.9 Å². The number of hydrogen-bond acceptors (Lipinski definition) is 7. The maximum absolute atomic E-state index is 11.7. The van der Waals surface area contributed by atoms with Crippen LogP contribution < -0.4 is 15.4 Å². The first-order valence-electron chi connectivity index (χ1n) is 7.16. The number of ether oxygens (including phenoxy) is 1. The molecule has 0 spiro atoms. The fourth-order valence-electron chi connectivity index (χ4n) is 2.37. The minimum Gasteiger partial charge on any atom is -0.497 e. The summed E-state index contributed by atoms with van der Waals surface area (Å²) < 4.78 is 5.18. The van der Waals surface area contributed by atoms with Crippen LogP contribution in [-0.2, 0) is 9.59 Å². The van der Waals surface area contributed by atoms with Crippen molar-refractivity contribution < 1.29 is 19.4 Å². The summed E-state index contributed by atoms with van der Waals surface area (Å²) in [6.07, 6.45) is -0.369. The zero-order valence-corrected chi connectivity index (χ0v) is 13.0. The van der Waals surface area contributed by atoms with Crippen molar-refractivity contribution in [1.82, 2.24) is 15.3 Å². The number of aliphatic imine (C=N–C) groups is 1. The zero-order valence-electron chi connectivity index (χ0n) is 13.0. The van der Waals surface area contributed by atoms with Gasteiger partial charge in [-0.2, -0.15) is 0 Å². The highest BCUT2D eigenvalue weighted by atomic mass is 16.5. The summed E-state index contributed by atoms with van der Waals surface area (Å²) >= 11 is 0. The van der Waals surface area contributed by atoms with E-state index in [1.54, 1.807) is 13.2 Å². The van der Waals surface area contributed by atoms with Crippen LogP contribution in [-0.4, -0.2) is 46.1 Å². The number of fused-ring (bicyclic) bond motifs is 1. The Labute approximate surface area is 136 Å². The number of anilines is 1. The van der Waals surface area contributed by atoms with Gasteiger partial charge in [0.15, 0.2) is 0 Å². The average Bonchev–Trinajstić information content (AvgIpc) is 2.85. The number of hydrogen-bond donors (Lipinski definition) is 3. The lowest BCUT2D eigenvalue weighted by Crippen LogP contribution is -2.33. The van der Waals surface area contributed by atoms with Gasteiger partial charge in [0.05, 0.1) is 24.7 Å². The zero-order chi connectivity index (χ0) is 17.3. The van der Waals surface area contributed by atoms with Crippen molar-refractivity contribution in [3.05, 3.63) is 23.9 Å². The molecule has 9 nitrogen and oxygen atoms in total. The molecule has 0 aliphatic carbocycles. The van der Waals surface area contributed by atoms with Gasteiger partial charge < -0.3 is 9.84 Å². The van der Waals surface area contributed by atoms with Gasteiger partial charge in [-0.25, -0.2) is 15.0 Å². The summed E-state index contributed by atoms with van der Waals surface area (Å²) in [7, 11) is 1.57. The number of aromatic nitrogens is 2. The number of benzene rings is 1. The van der Waals surface area contributed by atoms with Gasteiger partial charge in [-0.15, -0.1) is 0 Å². The van der Waals surface area contributed by atoms with Gasteiger partial charge in [-0.3, -0.25) is 20.2 Å². The van der Waals surface area contributed by atoms with Crippen molar-refractivity contribution in [3.63, 3.8) is 0 Å². The van der Waals surface area contributed by atoms with Gasteiger partial charge in [-0.1, -0.05) is 0 Å². The van der Waals surface area contributed by atoms with E-state index in [0.29, 0.717) is 11.3 Å². The number of aryl methyl sites for hydroxylation is 1. The van der Waals surface area contributed by atoms with Crippen molar-refractivity contribution in [3.8, 4) is 5.75 Å². The molecule has 124 valence electrons. The van der Waals surface area contributed by atoms with Gasteiger partial charge >= 0.3 is 5.97 Å².